The fourth-order valence-corrected chi connectivity index (χ4v) is 1.35. The molecule has 0 radical (unpaired) electrons. The lowest BCUT2D eigenvalue weighted by atomic mass is 10.2. The van der Waals surface area contributed by atoms with Crippen molar-refractivity contribution in [3.8, 4) is 0 Å². The van der Waals surface area contributed by atoms with Crippen molar-refractivity contribution in [3.05, 3.63) is 28.8 Å². The SMILES string of the molecule is CCOC(=O)c1cc(CCl)c(F)c(C(F)F)n1. The van der Waals surface area contributed by atoms with Crippen LogP contribution >= 0.6 is 11.6 Å². The van der Waals surface area contributed by atoms with Crippen molar-refractivity contribution in [3.63, 3.8) is 0 Å². The normalized spacial score (nSPS) is 10.7. The summed E-state index contributed by atoms with van der Waals surface area (Å²) in [4.78, 5) is 14.5. The summed E-state index contributed by atoms with van der Waals surface area (Å²) in [5, 5.41) is 0. The summed E-state index contributed by atoms with van der Waals surface area (Å²) in [6.45, 7) is 1.62. The first kappa shape index (κ1) is 13.8. The van der Waals surface area contributed by atoms with Crippen molar-refractivity contribution in [1.82, 2.24) is 4.98 Å². The smallest absolute Gasteiger partial charge is 0.356 e. The Morgan fingerprint density at radius 3 is 2.71 bits per heavy atom. The molecular formula is C10H9ClF3NO2. The van der Waals surface area contributed by atoms with Gasteiger partial charge >= 0.3 is 5.97 Å². The maximum absolute atomic E-state index is 13.4. The van der Waals surface area contributed by atoms with E-state index in [9.17, 15) is 18.0 Å². The summed E-state index contributed by atoms with van der Waals surface area (Å²) >= 11 is 5.40. The summed E-state index contributed by atoms with van der Waals surface area (Å²) in [5.74, 6) is -2.41. The molecule has 1 rings (SSSR count). The van der Waals surface area contributed by atoms with Crippen LogP contribution in [0.4, 0.5) is 13.2 Å². The lowest BCUT2D eigenvalue weighted by molar-refractivity contribution is 0.0517. The fourth-order valence-electron chi connectivity index (χ4n) is 1.16. The van der Waals surface area contributed by atoms with E-state index in [0.29, 0.717) is 0 Å². The third-order valence-corrected chi connectivity index (χ3v) is 2.18. The van der Waals surface area contributed by atoms with Crippen LogP contribution in [0.15, 0.2) is 6.07 Å². The molecule has 0 unspecified atom stereocenters. The fraction of sp³-hybridized carbons (Fsp3) is 0.400. The second-order valence-corrected chi connectivity index (χ2v) is 3.29. The average Bonchev–Trinajstić information content (AvgIpc) is 2.29. The zero-order chi connectivity index (χ0) is 13.0. The second-order valence-electron chi connectivity index (χ2n) is 3.02. The molecular weight excluding hydrogens is 259 g/mol. The minimum absolute atomic E-state index is 0.0676. The van der Waals surface area contributed by atoms with Crippen LogP contribution in [0, 0.1) is 5.82 Å². The molecule has 1 aromatic rings. The summed E-state index contributed by atoms with van der Waals surface area (Å²) in [6.07, 6.45) is -3.12. The number of carbonyl (C=O) groups is 1. The van der Waals surface area contributed by atoms with Crippen molar-refractivity contribution >= 4 is 17.6 Å². The number of carbonyl (C=O) groups excluding carboxylic acids is 1. The highest BCUT2D eigenvalue weighted by Gasteiger charge is 2.22. The number of pyridine rings is 1. The standard InChI is InChI=1S/C10H9ClF3NO2/c1-2-17-10(16)6-3-5(4-11)7(12)8(15-6)9(13)14/h3,9H,2,4H2,1H3. The Bertz CT molecular complexity index is 426. The Morgan fingerprint density at radius 2 is 2.24 bits per heavy atom. The molecule has 0 aliphatic carbocycles. The van der Waals surface area contributed by atoms with Crippen LogP contribution in [0.1, 0.15) is 35.1 Å². The van der Waals surface area contributed by atoms with Gasteiger partial charge in [-0.25, -0.2) is 22.9 Å². The largest absolute Gasteiger partial charge is 0.461 e. The Morgan fingerprint density at radius 1 is 1.59 bits per heavy atom. The van der Waals surface area contributed by atoms with Crippen LogP contribution in [0.5, 0.6) is 0 Å². The van der Waals surface area contributed by atoms with Crippen LogP contribution in [0.2, 0.25) is 0 Å². The number of rotatable bonds is 4. The summed E-state index contributed by atoms with van der Waals surface area (Å²) < 4.78 is 42.9. The van der Waals surface area contributed by atoms with Gasteiger partial charge < -0.3 is 4.74 Å². The summed E-state index contributed by atoms with van der Waals surface area (Å²) in [7, 11) is 0. The lowest BCUT2D eigenvalue weighted by Crippen LogP contribution is -2.11. The van der Waals surface area contributed by atoms with E-state index in [-0.39, 0.29) is 23.7 Å². The third-order valence-electron chi connectivity index (χ3n) is 1.89. The Labute approximate surface area is 101 Å². The molecule has 0 atom stereocenters. The van der Waals surface area contributed by atoms with Gasteiger partial charge in [0.1, 0.15) is 11.4 Å². The summed E-state index contributed by atoms with van der Waals surface area (Å²) in [5.41, 5.74) is -1.68. The third kappa shape index (κ3) is 3.09. The number of ether oxygens (including phenoxy) is 1. The van der Waals surface area contributed by atoms with Crippen LogP contribution in [0.25, 0.3) is 0 Å². The average molecular weight is 268 g/mol. The highest BCUT2D eigenvalue weighted by atomic mass is 35.5. The molecule has 0 aromatic carbocycles. The molecule has 0 N–H and O–H groups in total. The number of esters is 1. The molecule has 0 spiro atoms. The van der Waals surface area contributed by atoms with Crippen molar-refractivity contribution in [2.24, 2.45) is 0 Å². The van der Waals surface area contributed by atoms with E-state index >= 15 is 0 Å². The van der Waals surface area contributed by atoms with E-state index in [1.54, 1.807) is 6.92 Å². The van der Waals surface area contributed by atoms with E-state index < -0.39 is 23.9 Å². The number of alkyl halides is 3. The van der Waals surface area contributed by atoms with Crippen LogP contribution in [-0.2, 0) is 10.6 Å². The number of hydrogen-bond acceptors (Lipinski definition) is 3. The predicted molar refractivity (Wildman–Crippen MR) is 54.7 cm³/mol. The molecule has 1 heterocycles. The number of aromatic nitrogens is 1. The molecule has 0 fully saturated rings. The minimum Gasteiger partial charge on any atom is -0.461 e. The zero-order valence-corrected chi connectivity index (χ0v) is 9.60. The molecule has 0 saturated heterocycles. The monoisotopic (exact) mass is 267 g/mol. The molecule has 0 aliphatic heterocycles. The second kappa shape index (κ2) is 5.86. The maximum atomic E-state index is 13.4. The van der Waals surface area contributed by atoms with Gasteiger partial charge in [0, 0.05) is 5.56 Å². The molecule has 1 aromatic heterocycles. The van der Waals surface area contributed by atoms with Gasteiger partial charge in [0.2, 0.25) is 0 Å². The van der Waals surface area contributed by atoms with Gasteiger partial charge in [-0.2, -0.15) is 0 Å². The minimum atomic E-state index is -3.12. The van der Waals surface area contributed by atoms with Crippen molar-refractivity contribution in [2.75, 3.05) is 6.61 Å². The van der Waals surface area contributed by atoms with Gasteiger partial charge in [-0.05, 0) is 13.0 Å². The van der Waals surface area contributed by atoms with Crippen molar-refractivity contribution in [2.45, 2.75) is 19.2 Å². The Balaban J connectivity index is 3.25. The van der Waals surface area contributed by atoms with Gasteiger partial charge in [0.15, 0.2) is 5.82 Å². The zero-order valence-electron chi connectivity index (χ0n) is 8.84. The van der Waals surface area contributed by atoms with Crippen LogP contribution in [0.3, 0.4) is 0 Å². The Kier molecular flexibility index (Phi) is 4.74. The molecule has 17 heavy (non-hydrogen) atoms. The highest BCUT2D eigenvalue weighted by molar-refractivity contribution is 6.17. The van der Waals surface area contributed by atoms with E-state index in [4.69, 9.17) is 11.6 Å². The highest BCUT2D eigenvalue weighted by Crippen LogP contribution is 2.24. The quantitative estimate of drug-likeness (QED) is 0.622. The predicted octanol–water partition coefficient (Wildman–Crippen LogP) is 3.07. The summed E-state index contributed by atoms with van der Waals surface area (Å²) in [6, 6.07) is 1.01. The van der Waals surface area contributed by atoms with Gasteiger partial charge in [-0.3, -0.25) is 0 Å². The van der Waals surface area contributed by atoms with Gasteiger partial charge in [0.05, 0.1) is 12.5 Å². The number of nitrogens with zero attached hydrogens (tertiary/aromatic N) is 1. The molecule has 94 valence electrons. The number of hydrogen-bond donors (Lipinski definition) is 0. The van der Waals surface area contributed by atoms with Crippen LogP contribution in [-0.4, -0.2) is 17.6 Å². The number of halogens is 4. The van der Waals surface area contributed by atoms with Gasteiger partial charge in [-0.1, -0.05) is 0 Å². The van der Waals surface area contributed by atoms with Crippen molar-refractivity contribution in [1.29, 1.82) is 0 Å². The lowest BCUT2D eigenvalue weighted by Gasteiger charge is -2.08. The first-order valence-corrected chi connectivity index (χ1v) is 5.25. The van der Waals surface area contributed by atoms with Gasteiger partial charge in [-0.15, -0.1) is 11.6 Å². The van der Waals surface area contributed by atoms with E-state index in [2.05, 4.69) is 9.72 Å². The first-order chi connectivity index (χ1) is 8.01. The van der Waals surface area contributed by atoms with E-state index in [1.165, 1.54) is 0 Å². The molecule has 0 bridgehead atoms. The maximum Gasteiger partial charge on any atom is 0.356 e. The first-order valence-electron chi connectivity index (χ1n) is 4.71. The molecule has 0 aliphatic rings. The van der Waals surface area contributed by atoms with Crippen LogP contribution < -0.4 is 0 Å². The van der Waals surface area contributed by atoms with Crippen molar-refractivity contribution < 1.29 is 22.7 Å². The topological polar surface area (TPSA) is 39.2 Å². The Hall–Kier alpha value is -1.30. The molecule has 0 amide bonds. The van der Waals surface area contributed by atoms with Gasteiger partial charge in [0.25, 0.3) is 6.43 Å². The molecule has 7 heteroatoms. The van der Waals surface area contributed by atoms with E-state index in [1.807, 2.05) is 0 Å². The molecule has 0 saturated carbocycles. The van der Waals surface area contributed by atoms with E-state index in [0.717, 1.165) is 6.07 Å². The molecule has 3 nitrogen and oxygen atoms in total.